The average Bonchev–Trinajstić information content (AvgIpc) is 3.13. The molecule has 1 saturated carbocycles. The average molecular weight is 298 g/mol. The first-order valence-corrected chi connectivity index (χ1v) is 6.95. The van der Waals surface area contributed by atoms with Crippen molar-refractivity contribution < 1.29 is 29.4 Å². The molecule has 21 heavy (non-hydrogen) atoms. The number of hydrogen-bond acceptors (Lipinski definition) is 4. The first-order valence-electron chi connectivity index (χ1n) is 6.95. The standard InChI is InChI=1S/C13H18N2O6/c16-10(17)6-8(13(20)21)14-11(18)9-2-1-5-15(9)12(19)7-3-4-7/h7-9H,1-6H2,(H,14,18)(H,16,17)(H,20,21)/t8-,9?/m1/s1. The summed E-state index contributed by atoms with van der Waals surface area (Å²) < 4.78 is 0. The van der Waals surface area contributed by atoms with Crippen LogP contribution in [0, 0.1) is 5.92 Å². The molecule has 0 aromatic heterocycles. The Morgan fingerprint density at radius 1 is 1.14 bits per heavy atom. The summed E-state index contributed by atoms with van der Waals surface area (Å²) in [5.41, 5.74) is 0. The highest BCUT2D eigenvalue weighted by Gasteiger charge is 2.41. The number of carboxylic acid groups (broad SMARTS) is 2. The Morgan fingerprint density at radius 3 is 2.33 bits per heavy atom. The van der Waals surface area contributed by atoms with Crippen molar-refractivity contribution in [2.75, 3.05) is 6.54 Å². The molecule has 1 heterocycles. The molecule has 2 atom stereocenters. The van der Waals surface area contributed by atoms with Crippen molar-refractivity contribution in [2.45, 2.75) is 44.2 Å². The van der Waals surface area contributed by atoms with Crippen LogP contribution in [-0.2, 0) is 19.2 Å². The molecule has 8 heteroatoms. The quantitative estimate of drug-likeness (QED) is 0.603. The number of carboxylic acids is 2. The number of likely N-dealkylation sites (tertiary alicyclic amines) is 1. The Kier molecular flexibility index (Phi) is 4.44. The van der Waals surface area contributed by atoms with Gasteiger partial charge in [0.1, 0.15) is 12.1 Å². The number of carbonyl (C=O) groups excluding carboxylic acids is 2. The van der Waals surface area contributed by atoms with Gasteiger partial charge >= 0.3 is 11.9 Å². The van der Waals surface area contributed by atoms with Crippen molar-refractivity contribution >= 4 is 23.8 Å². The van der Waals surface area contributed by atoms with Crippen LogP contribution in [0.25, 0.3) is 0 Å². The number of aliphatic carboxylic acids is 2. The summed E-state index contributed by atoms with van der Waals surface area (Å²) in [4.78, 5) is 47.3. The number of amides is 2. The van der Waals surface area contributed by atoms with Gasteiger partial charge in [-0.2, -0.15) is 0 Å². The SMILES string of the molecule is O=C(O)C[C@@H](NC(=O)C1CCCN1C(=O)C1CC1)C(=O)O. The highest BCUT2D eigenvalue weighted by Crippen LogP contribution is 2.33. The minimum absolute atomic E-state index is 0.00677. The summed E-state index contributed by atoms with van der Waals surface area (Å²) in [5, 5.41) is 19.8. The van der Waals surface area contributed by atoms with Crippen molar-refractivity contribution in [1.29, 1.82) is 0 Å². The number of nitrogens with zero attached hydrogens (tertiary/aromatic N) is 1. The molecule has 0 aromatic rings. The zero-order valence-corrected chi connectivity index (χ0v) is 11.4. The zero-order chi connectivity index (χ0) is 15.6. The summed E-state index contributed by atoms with van der Waals surface area (Å²) in [6.07, 6.45) is 2.14. The van der Waals surface area contributed by atoms with E-state index in [0.29, 0.717) is 19.4 Å². The third kappa shape index (κ3) is 3.71. The van der Waals surface area contributed by atoms with Gasteiger partial charge in [-0.1, -0.05) is 0 Å². The number of hydrogen-bond donors (Lipinski definition) is 3. The molecule has 0 spiro atoms. The van der Waals surface area contributed by atoms with Crippen LogP contribution in [-0.4, -0.2) is 57.5 Å². The molecule has 0 aromatic carbocycles. The van der Waals surface area contributed by atoms with E-state index in [-0.39, 0.29) is 11.8 Å². The van der Waals surface area contributed by atoms with Crippen molar-refractivity contribution in [1.82, 2.24) is 10.2 Å². The van der Waals surface area contributed by atoms with Crippen LogP contribution in [0.2, 0.25) is 0 Å². The van der Waals surface area contributed by atoms with E-state index in [9.17, 15) is 19.2 Å². The first-order chi connectivity index (χ1) is 9.90. The highest BCUT2D eigenvalue weighted by atomic mass is 16.4. The van der Waals surface area contributed by atoms with Gasteiger partial charge in [0.15, 0.2) is 0 Å². The topological polar surface area (TPSA) is 124 Å². The second-order valence-electron chi connectivity index (χ2n) is 5.46. The number of carbonyl (C=O) groups is 4. The van der Waals surface area contributed by atoms with E-state index in [1.54, 1.807) is 0 Å². The van der Waals surface area contributed by atoms with E-state index in [1.807, 2.05) is 0 Å². The maximum atomic E-state index is 12.1. The van der Waals surface area contributed by atoms with Crippen LogP contribution in [0.1, 0.15) is 32.1 Å². The maximum absolute atomic E-state index is 12.1. The first kappa shape index (κ1) is 15.3. The summed E-state index contributed by atoms with van der Waals surface area (Å²) in [6.45, 7) is 0.490. The molecular formula is C13H18N2O6. The van der Waals surface area contributed by atoms with E-state index in [2.05, 4.69) is 5.32 Å². The lowest BCUT2D eigenvalue weighted by molar-refractivity contribution is -0.148. The zero-order valence-electron chi connectivity index (χ0n) is 11.4. The molecule has 1 aliphatic carbocycles. The lowest BCUT2D eigenvalue weighted by Gasteiger charge is -2.25. The van der Waals surface area contributed by atoms with E-state index < -0.39 is 36.4 Å². The fourth-order valence-electron chi connectivity index (χ4n) is 2.51. The van der Waals surface area contributed by atoms with Crippen molar-refractivity contribution in [3.63, 3.8) is 0 Å². The molecule has 1 aliphatic heterocycles. The van der Waals surface area contributed by atoms with Crippen LogP contribution >= 0.6 is 0 Å². The third-order valence-corrected chi connectivity index (χ3v) is 3.76. The summed E-state index contributed by atoms with van der Waals surface area (Å²) >= 11 is 0. The Labute approximate surface area is 121 Å². The molecule has 2 fully saturated rings. The van der Waals surface area contributed by atoms with Gasteiger partial charge in [0.25, 0.3) is 0 Å². The summed E-state index contributed by atoms with van der Waals surface area (Å²) in [7, 11) is 0. The minimum atomic E-state index is -1.48. The largest absolute Gasteiger partial charge is 0.481 e. The minimum Gasteiger partial charge on any atom is -0.481 e. The second kappa shape index (κ2) is 6.11. The van der Waals surface area contributed by atoms with Gasteiger partial charge in [-0.05, 0) is 25.7 Å². The van der Waals surface area contributed by atoms with Crippen LogP contribution < -0.4 is 5.32 Å². The van der Waals surface area contributed by atoms with E-state index in [1.165, 1.54) is 4.90 Å². The molecule has 1 saturated heterocycles. The predicted molar refractivity (Wildman–Crippen MR) is 69.3 cm³/mol. The molecule has 2 amide bonds. The van der Waals surface area contributed by atoms with Crippen molar-refractivity contribution in [3.05, 3.63) is 0 Å². The summed E-state index contributed by atoms with van der Waals surface area (Å²) in [6, 6.07) is -2.16. The molecule has 0 bridgehead atoms. The van der Waals surface area contributed by atoms with Crippen LogP contribution in [0.15, 0.2) is 0 Å². The lowest BCUT2D eigenvalue weighted by Crippen LogP contribution is -2.51. The summed E-state index contributed by atoms with van der Waals surface area (Å²) in [5.74, 6) is -3.36. The van der Waals surface area contributed by atoms with Crippen molar-refractivity contribution in [3.8, 4) is 0 Å². The molecule has 2 aliphatic rings. The fourth-order valence-corrected chi connectivity index (χ4v) is 2.51. The van der Waals surface area contributed by atoms with Crippen LogP contribution in [0.5, 0.6) is 0 Å². The Balaban J connectivity index is 1.98. The van der Waals surface area contributed by atoms with Crippen LogP contribution in [0.3, 0.4) is 0 Å². The molecule has 116 valence electrons. The Morgan fingerprint density at radius 2 is 1.81 bits per heavy atom. The van der Waals surface area contributed by atoms with Gasteiger partial charge in [-0.25, -0.2) is 4.79 Å². The molecule has 3 N–H and O–H groups in total. The van der Waals surface area contributed by atoms with E-state index in [4.69, 9.17) is 10.2 Å². The molecule has 2 rings (SSSR count). The van der Waals surface area contributed by atoms with Gasteiger partial charge in [-0.15, -0.1) is 0 Å². The molecule has 0 radical (unpaired) electrons. The van der Waals surface area contributed by atoms with E-state index >= 15 is 0 Å². The Bertz CT molecular complexity index is 473. The van der Waals surface area contributed by atoms with Gasteiger partial charge < -0.3 is 20.4 Å². The molecular weight excluding hydrogens is 280 g/mol. The lowest BCUT2D eigenvalue weighted by atomic mass is 10.1. The monoisotopic (exact) mass is 298 g/mol. The van der Waals surface area contributed by atoms with Gasteiger partial charge in [0, 0.05) is 12.5 Å². The van der Waals surface area contributed by atoms with Gasteiger partial charge in [0.2, 0.25) is 11.8 Å². The highest BCUT2D eigenvalue weighted by molar-refractivity contribution is 5.93. The van der Waals surface area contributed by atoms with E-state index in [0.717, 1.165) is 12.8 Å². The second-order valence-corrected chi connectivity index (χ2v) is 5.46. The smallest absolute Gasteiger partial charge is 0.326 e. The number of nitrogens with one attached hydrogen (secondary N) is 1. The van der Waals surface area contributed by atoms with Gasteiger partial charge in [-0.3, -0.25) is 14.4 Å². The predicted octanol–water partition coefficient (Wildman–Crippen LogP) is -0.568. The van der Waals surface area contributed by atoms with Crippen LogP contribution in [0.4, 0.5) is 0 Å². The third-order valence-electron chi connectivity index (χ3n) is 3.76. The van der Waals surface area contributed by atoms with Crippen molar-refractivity contribution in [2.24, 2.45) is 5.92 Å². The molecule has 8 nitrogen and oxygen atoms in total. The normalized spacial score (nSPS) is 22.7. The molecule has 1 unspecified atom stereocenters. The number of rotatable bonds is 6. The Hall–Kier alpha value is -2.12. The maximum Gasteiger partial charge on any atom is 0.326 e. The van der Waals surface area contributed by atoms with Gasteiger partial charge in [0.05, 0.1) is 6.42 Å². The fraction of sp³-hybridized carbons (Fsp3) is 0.692.